The van der Waals surface area contributed by atoms with Crippen molar-refractivity contribution in [2.75, 3.05) is 0 Å². The van der Waals surface area contributed by atoms with E-state index in [2.05, 4.69) is 9.98 Å². The molecule has 0 radical (unpaired) electrons. The minimum atomic E-state index is 0. The molecule has 4 heteroatoms. The van der Waals surface area contributed by atoms with Gasteiger partial charge >= 0.3 is 27.3 Å². The van der Waals surface area contributed by atoms with E-state index < -0.39 is 0 Å². The van der Waals surface area contributed by atoms with Gasteiger partial charge in [0.2, 0.25) is 0 Å². The van der Waals surface area contributed by atoms with Crippen molar-refractivity contribution in [3.05, 3.63) is 54.4 Å². The first kappa shape index (κ1) is 14.2. The number of rotatable bonds is 2. The van der Waals surface area contributed by atoms with Crippen molar-refractivity contribution in [2.24, 2.45) is 4.99 Å². The Morgan fingerprint density at radius 3 is 2.47 bits per heavy atom. The van der Waals surface area contributed by atoms with Gasteiger partial charge in [0.05, 0.1) is 11.4 Å². The summed E-state index contributed by atoms with van der Waals surface area (Å²) in [5.41, 5.74) is 2.57. The number of aliphatic imine (C=N–C) groups is 1. The molecule has 0 aliphatic carbocycles. The van der Waals surface area contributed by atoms with Crippen LogP contribution in [0.15, 0.2) is 58.5 Å². The Hall–Kier alpha value is -0.818. The molecule has 0 N–H and O–H groups in total. The second kappa shape index (κ2) is 6.81. The SMILES string of the molecule is CC(=Nc1ccccc1[S-])c1ccccn1.[Tl+]. The van der Waals surface area contributed by atoms with E-state index in [9.17, 15) is 0 Å². The zero-order valence-corrected chi connectivity index (χ0v) is 14.8. The molecule has 0 saturated carbocycles. The molecule has 0 unspecified atom stereocenters. The summed E-state index contributed by atoms with van der Waals surface area (Å²) in [6, 6.07) is 13.4. The number of hydrogen-bond acceptors (Lipinski definition) is 3. The van der Waals surface area contributed by atoms with Crippen LogP contribution in [0.25, 0.3) is 0 Å². The predicted molar refractivity (Wildman–Crippen MR) is 73.9 cm³/mol. The maximum absolute atomic E-state index is 5.19. The third-order valence-electron chi connectivity index (χ3n) is 2.19. The van der Waals surface area contributed by atoms with Gasteiger partial charge in [-0.1, -0.05) is 24.3 Å². The third kappa shape index (κ3) is 3.85. The first-order chi connectivity index (χ1) is 7.77. The Labute approximate surface area is 127 Å². The number of nitrogens with zero attached hydrogens (tertiary/aromatic N) is 2. The van der Waals surface area contributed by atoms with Crippen LogP contribution < -0.4 is 0 Å². The Balaban J connectivity index is 0.00000144. The van der Waals surface area contributed by atoms with E-state index in [0.29, 0.717) is 0 Å². The third-order valence-corrected chi connectivity index (χ3v) is 2.53. The largest absolute Gasteiger partial charge is 1.00 e. The van der Waals surface area contributed by atoms with E-state index in [1.54, 1.807) is 6.20 Å². The van der Waals surface area contributed by atoms with Crippen molar-refractivity contribution in [3.63, 3.8) is 0 Å². The Morgan fingerprint density at radius 2 is 1.82 bits per heavy atom. The summed E-state index contributed by atoms with van der Waals surface area (Å²) in [4.78, 5) is 9.48. The number of pyridine rings is 1. The smallest absolute Gasteiger partial charge is 0.778 e. The fourth-order valence-electron chi connectivity index (χ4n) is 1.36. The zero-order chi connectivity index (χ0) is 11.4. The quantitative estimate of drug-likeness (QED) is 0.415. The summed E-state index contributed by atoms with van der Waals surface area (Å²) in [6.07, 6.45) is 1.76. The van der Waals surface area contributed by atoms with E-state index in [0.717, 1.165) is 22.0 Å². The van der Waals surface area contributed by atoms with E-state index >= 15 is 0 Å². The Morgan fingerprint density at radius 1 is 1.12 bits per heavy atom. The normalized spacial score (nSPS) is 10.8. The van der Waals surface area contributed by atoms with Gasteiger partial charge in [0.15, 0.2) is 0 Å². The first-order valence-electron chi connectivity index (χ1n) is 5.00. The van der Waals surface area contributed by atoms with Gasteiger partial charge in [-0.3, -0.25) is 9.98 Å². The Kier molecular flexibility index (Phi) is 5.70. The van der Waals surface area contributed by atoms with Crippen LogP contribution in [0.4, 0.5) is 5.69 Å². The molecule has 1 heterocycles. The van der Waals surface area contributed by atoms with Crippen LogP contribution in [-0.2, 0) is 12.6 Å². The predicted octanol–water partition coefficient (Wildman–Crippen LogP) is 2.75. The molecule has 82 valence electrons. The molecule has 2 aromatic rings. The molecule has 2 rings (SSSR count). The van der Waals surface area contributed by atoms with Crippen LogP contribution in [0.5, 0.6) is 0 Å². The minimum Gasteiger partial charge on any atom is -0.778 e. The number of aromatic nitrogens is 1. The van der Waals surface area contributed by atoms with Crippen molar-refractivity contribution < 1.29 is 0 Å². The summed E-state index contributed by atoms with van der Waals surface area (Å²) >= 11 is 5.19. The first-order valence-corrected chi connectivity index (χ1v) is 5.41. The molecule has 0 aliphatic rings. The van der Waals surface area contributed by atoms with E-state index in [-0.39, 0.29) is 27.3 Å². The summed E-state index contributed by atoms with van der Waals surface area (Å²) in [7, 11) is 0. The molecular formula is C13H11N2STl. The van der Waals surface area contributed by atoms with Crippen molar-refractivity contribution in [1.29, 1.82) is 0 Å². The molecule has 0 fully saturated rings. The topological polar surface area (TPSA) is 25.2 Å². The van der Waals surface area contributed by atoms with Crippen LogP contribution in [0, 0.1) is 0 Å². The van der Waals surface area contributed by atoms with Crippen LogP contribution in [0.3, 0.4) is 0 Å². The van der Waals surface area contributed by atoms with Gasteiger partial charge in [-0.15, -0.1) is 4.90 Å². The zero-order valence-electron chi connectivity index (χ0n) is 9.50. The summed E-state index contributed by atoms with van der Waals surface area (Å²) < 4.78 is 0. The molecule has 0 spiro atoms. The summed E-state index contributed by atoms with van der Waals surface area (Å²) in [5, 5.41) is 0. The van der Waals surface area contributed by atoms with E-state index in [4.69, 9.17) is 12.6 Å². The average molecular weight is 432 g/mol. The van der Waals surface area contributed by atoms with E-state index in [1.165, 1.54) is 0 Å². The van der Waals surface area contributed by atoms with Gasteiger partial charge in [-0.05, 0) is 25.1 Å². The van der Waals surface area contributed by atoms with Crippen molar-refractivity contribution in [2.45, 2.75) is 11.8 Å². The standard InChI is InChI=1S/C13H12N2S.Tl/c1-10(11-6-4-5-9-14-11)15-12-7-2-3-8-13(12)16;/h2-9,16H,1H3;/q;+1/p-1. The van der Waals surface area contributed by atoms with Crippen LogP contribution in [-0.4, -0.2) is 38.0 Å². The van der Waals surface area contributed by atoms with Crippen molar-refractivity contribution in [3.8, 4) is 0 Å². The maximum Gasteiger partial charge on any atom is 1.00 e. The number of hydrogen-bond donors (Lipinski definition) is 0. The molecular weight excluding hydrogens is 421 g/mol. The van der Waals surface area contributed by atoms with Gasteiger partial charge in [0.25, 0.3) is 0 Å². The molecule has 1 aromatic carbocycles. The second-order valence-electron chi connectivity index (χ2n) is 3.38. The molecule has 0 amide bonds. The fraction of sp³-hybridized carbons (Fsp3) is 0.0769. The monoisotopic (exact) mass is 432 g/mol. The summed E-state index contributed by atoms with van der Waals surface area (Å²) in [5.74, 6) is 0. The molecule has 0 atom stereocenters. The van der Waals surface area contributed by atoms with Crippen molar-refractivity contribution in [1.82, 2.24) is 4.98 Å². The van der Waals surface area contributed by atoms with Gasteiger partial charge < -0.3 is 12.6 Å². The second-order valence-corrected chi connectivity index (χ2v) is 3.82. The van der Waals surface area contributed by atoms with E-state index in [1.807, 2.05) is 49.4 Å². The van der Waals surface area contributed by atoms with Crippen LogP contribution in [0.1, 0.15) is 12.6 Å². The molecule has 2 nitrogen and oxygen atoms in total. The number of para-hydroxylation sites is 1. The minimum absolute atomic E-state index is 0. The summed E-state index contributed by atoms with van der Waals surface area (Å²) in [6.45, 7) is 1.93. The van der Waals surface area contributed by atoms with Crippen LogP contribution >= 0.6 is 0 Å². The average Bonchev–Trinajstić information content (AvgIpc) is 2.33. The fourth-order valence-corrected chi connectivity index (χ4v) is 1.56. The van der Waals surface area contributed by atoms with Gasteiger partial charge in [-0.2, -0.15) is 0 Å². The molecule has 1 aromatic heterocycles. The molecule has 0 aliphatic heterocycles. The molecule has 0 bridgehead atoms. The molecule has 0 saturated heterocycles. The molecule has 17 heavy (non-hydrogen) atoms. The number of benzene rings is 1. The van der Waals surface area contributed by atoms with Gasteiger partial charge in [-0.25, -0.2) is 0 Å². The van der Waals surface area contributed by atoms with Crippen molar-refractivity contribution >= 4 is 51.3 Å². The maximum atomic E-state index is 5.19. The Bertz CT molecular complexity index is 512. The van der Waals surface area contributed by atoms with Gasteiger partial charge in [0.1, 0.15) is 0 Å². The van der Waals surface area contributed by atoms with Gasteiger partial charge in [0, 0.05) is 11.9 Å². The van der Waals surface area contributed by atoms with Crippen LogP contribution in [0.2, 0.25) is 0 Å².